The Balaban J connectivity index is 1.99. The van der Waals surface area contributed by atoms with Gasteiger partial charge in [-0.05, 0) is 31.0 Å². The second-order valence-electron chi connectivity index (χ2n) is 4.28. The number of rotatable bonds is 3. The van der Waals surface area contributed by atoms with E-state index in [1.165, 1.54) is 0 Å². The summed E-state index contributed by atoms with van der Waals surface area (Å²) >= 11 is 5.70. The first kappa shape index (κ1) is 12.4. The zero-order chi connectivity index (χ0) is 12.3. The van der Waals surface area contributed by atoms with Crippen molar-refractivity contribution in [3.63, 3.8) is 0 Å². The quantitative estimate of drug-likeness (QED) is 0.840. The number of nitrogens with one attached hydrogen (secondary N) is 1. The SMILES string of the molecule is CC1OCCC1NC(=O)c1ccc(CCl)cc1. The number of amides is 1. The lowest BCUT2D eigenvalue weighted by atomic mass is 10.1. The number of carbonyl (C=O) groups is 1. The minimum absolute atomic E-state index is 0.0477. The first-order chi connectivity index (χ1) is 8.20. The maximum Gasteiger partial charge on any atom is 0.251 e. The van der Waals surface area contributed by atoms with E-state index in [-0.39, 0.29) is 18.1 Å². The molecule has 92 valence electrons. The van der Waals surface area contributed by atoms with Crippen molar-refractivity contribution in [1.29, 1.82) is 0 Å². The van der Waals surface area contributed by atoms with Crippen LogP contribution >= 0.6 is 11.6 Å². The summed E-state index contributed by atoms with van der Waals surface area (Å²) in [6, 6.07) is 7.46. The average molecular weight is 254 g/mol. The van der Waals surface area contributed by atoms with Crippen LogP contribution < -0.4 is 5.32 Å². The van der Waals surface area contributed by atoms with Gasteiger partial charge in [0.05, 0.1) is 12.1 Å². The maximum absolute atomic E-state index is 11.9. The lowest BCUT2D eigenvalue weighted by Gasteiger charge is -2.16. The van der Waals surface area contributed by atoms with Crippen molar-refractivity contribution in [1.82, 2.24) is 5.32 Å². The highest BCUT2D eigenvalue weighted by Crippen LogP contribution is 2.14. The van der Waals surface area contributed by atoms with E-state index in [4.69, 9.17) is 16.3 Å². The topological polar surface area (TPSA) is 38.3 Å². The maximum atomic E-state index is 11.9. The smallest absolute Gasteiger partial charge is 0.251 e. The Bertz CT molecular complexity index is 391. The summed E-state index contributed by atoms with van der Waals surface area (Å²) < 4.78 is 5.41. The molecule has 1 aromatic rings. The van der Waals surface area contributed by atoms with Crippen molar-refractivity contribution in [2.24, 2.45) is 0 Å². The van der Waals surface area contributed by atoms with Crippen molar-refractivity contribution in [2.75, 3.05) is 6.61 Å². The summed E-state index contributed by atoms with van der Waals surface area (Å²) in [5, 5.41) is 2.99. The molecule has 4 heteroatoms. The summed E-state index contributed by atoms with van der Waals surface area (Å²) in [6.45, 7) is 2.70. The molecule has 1 aliphatic rings. The normalized spacial score (nSPS) is 23.6. The van der Waals surface area contributed by atoms with Crippen LogP contribution in [0.25, 0.3) is 0 Å². The van der Waals surface area contributed by atoms with Gasteiger partial charge >= 0.3 is 0 Å². The van der Waals surface area contributed by atoms with Gasteiger partial charge in [0.25, 0.3) is 5.91 Å². The summed E-state index contributed by atoms with van der Waals surface area (Å²) in [6.07, 6.45) is 0.980. The van der Waals surface area contributed by atoms with Gasteiger partial charge in [0.2, 0.25) is 0 Å². The van der Waals surface area contributed by atoms with Crippen LogP contribution in [0.15, 0.2) is 24.3 Å². The second-order valence-corrected chi connectivity index (χ2v) is 4.54. The highest BCUT2D eigenvalue weighted by atomic mass is 35.5. The molecule has 1 heterocycles. The molecule has 1 saturated heterocycles. The van der Waals surface area contributed by atoms with Gasteiger partial charge in [-0.2, -0.15) is 0 Å². The molecule has 1 N–H and O–H groups in total. The van der Waals surface area contributed by atoms with Gasteiger partial charge in [0.1, 0.15) is 0 Å². The Morgan fingerprint density at radius 2 is 2.18 bits per heavy atom. The third kappa shape index (κ3) is 2.99. The zero-order valence-electron chi connectivity index (χ0n) is 9.78. The lowest BCUT2D eigenvalue weighted by molar-refractivity contribution is 0.0866. The van der Waals surface area contributed by atoms with Gasteiger partial charge in [0, 0.05) is 18.1 Å². The van der Waals surface area contributed by atoms with Crippen molar-refractivity contribution < 1.29 is 9.53 Å². The molecule has 17 heavy (non-hydrogen) atoms. The molecule has 1 amide bonds. The molecule has 2 rings (SSSR count). The summed E-state index contributed by atoms with van der Waals surface area (Å²) in [5.74, 6) is 0.420. The van der Waals surface area contributed by atoms with Crippen LogP contribution in [-0.4, -0.2) is 24.7 Å². The van der Waals surface area contributed by atoms with Gasteiger partial charge in [-0.1, -0.05) is 12.1 Å². The van der Waals surface area contributed by atoms with Crippen LogP contribution in [0.4, 0.5) is 0 Å². The number of hydrogen-bond donors (Lipinski definition) is 1. The third-order valence-corrected chi connectivity index (χ3v) is 3.37. The summed E-state index contributed by atoms with van der Waals surface area (Å²) in [7, 11) is 0. The molecule has 1 fully saturated rings. The van der Waals surface area contributed by atoms with Crippen molar-refractivity contribution in [3.8, 4) is 0 Å². The van der Waals surface area contributed by atoms with E-state index in [9.17, 15) is 4.79 Å². The molecule has 0 radical (unpaired) electrons. The van der Waals surface area contributed by atoms with E-state index in [1.807, 2.05) is 19.1 Å². The van der Waals surface area contributed by atoms with Gasteiger partial charge in [0.15, 0.2) is 0 Å². The van der Waals surface area contributed by atoms with Crippen molar-refractivity contribution >= 4 is 17.5 Å². The third-order valence-electron chi connectivity index (χ3n) is 3.06. The van der Waals surface area contributed by atoms with Gasteiger partial charge in [-0.25, -0.2) is 0 Å². The Hall–Kier alpha value is -1.06. The standard InChI is InChI=1S/C13H16ClNO2/c1-9-12(6-7-17-9)15-13(16)11-4-2-10(8-14)3-5-11/h2-5,9,12H,6-8H2,1H3,(H,15,16). The molecule has 0 saturated carbocycles. The molecular weight excluding hydrogens is 238 g/mol. The highest BCUT2D eigenvalue weighted by molar-refractivity contribution is 6.17. The minimum atomic E-state index is -0.0477. The van der Waals surface area contributed by atoms with Crippen molar-refractivity contribution in [3.05, 3.63) is 35.4 Å². The largest absolute Gasteiger partial charge is 0.376 e. The van der Waals surface area contributed by atoms with Crippen LogP contribution in [0.2, 0.25) is 0 Å². The van der Waals surface area contributed by atoms with Crippen LogP contribution in [-0.2, 0) is 10.6 Å². The Kier molecular flexibility index (Phi) is 4.02. The number of ether oxygens (including phenoxy) is 1. The fourth-order valence-electron chi connectivity index (χ4n) is 1.92. The molecule has 1 aromatic carbocycles. The Morgan fingerprint density at radius 1 is 1.47 bits per heavy atom. The average Bonchev–Trinajstić information content (AvgIpc) is 2.75. The molecule has 2 atom stereocenters. The predicted molar refractivity (Wildman–Crippen MR) is 67.3 cm³/mol. The predicted octanol–water partition coefficient (Wildman–Crippen LogP) is 2.33. The summed E-state index contributed by atoms with van der Waals surface area (Å²) in [4.78, 5) is 11.9. The molecule has 0 aliphatic carbocycles. The number of alkyl halides is 1. The van der Waals surface area contributed by atoms with Crippen LogP contribution in [0, 0.1) is 0 Å². The molecule has 3 nitrogen and oxygen atoms in total. The zero-order valence-corrected chi connectivity index (χ0v) is 10.5. The number of halogens is 1. The fraction of sp³-hybridized carbons (Fsp3) is 0.462. The first-order valence-electron chi connectivity index (χ1n) is 5.78. The van der Waals surface area contributed by atoms with Gasteiger partial charge < -0.3 is 10.1 Å². The van der Waals surface area contributed by atoms with Gasteiger partial charge in [-0.3, -0.25) is 4.79 Å². The number of hydrogen-bond acceptors (Lipinski definition) is 2. The lowest BCUT2D eigenvalue weighted by Crippen LogP contribution is -2.39. The second kappa shape index (κ2) is 5.52. The minimum Gasteiger partial charge on any atom is -0.376 e. The van der Waals surface area contributed by atoms with Crippen molar-refractivity contribution in [2.45, 2.75) is 31.4 Å². The monoisotopic (exact) mass is 253 g/mol. The van der Waals surface area contributed by atoms with E-state index in [1.54, 1.807) is 12.1 Å². The van der Waals surface area contributed by atoms with E-state index < -0.39 is 0 Å². The van der Waals surface area contributed by atoms with Crippen LogP contribution in [0.3, 0.4) is 0 Å². The Morgan fingerprint density at radius 3 is 2.71 bits per heavy atom. The molecular formula is C13H16ClNO2. The number of carbonyl (C=O) groups excluding carboxylic acids is 1. The van der Waals surface area contributed by atoms with Gasteiger partial charge in [-0.15, -0.1) is 11.6 Å². The number of benzene rings is 1. The van der Waals surface area contributed by atoms with Crippen LogP contribution in [0.1, 0.15) is 29.3 Å². The first-order valence-corrected chi connectivity index (χ1v) is 6.31. The fourth-order valence-corrected chi connectivity index (χ4v) is 2.10. The molecule has 1 aliphatic heterocycles. The Labute approximate surface area is 106 Å². The van der Waals surface area contributed by atoms with E-state index in [0.717, 1.165) is 18.6 Å². The molecule has 0 spiro atoms. The highest BCUT2D eigenvalue weighted by Gasteiger charge is 2.25. The van der Waals surface area contributed by atoms with Crippen LogP contribution in [0.5, 0.6) is 0 Å². The van der Waals surface area contributed by atoms with E-state index >= 15 is 0 Å². The molecule has 0 aromatic heterocycles. The van der Waals surface area contributed by atoms with E-state index in [0.29, 0.717) is 11.4 Å². The summed E-state index contributed by atoms with van der Waals surface area (Å²) in [5.41, 5.74) is 1.68. The molecule has 0 bridgehead atoms. The van der Waals surface area contributed by atoms with E-state index in [2.05, 4.69) is 5.32 Å². The molecule has 2 unspecified atom stereocenters.